The fraction of sp³-hybridized carbons (Fsp3) is 0. The minimum absolute atomic E-state index is 0.670. The van der Waals surface area contributed by atoms with Crippen LogP contribution in [0.15, 0.2) is 217 Å². The van der Waals surface area contributed by atoms with Gasteiger partial charge in [-0.3, -0.25) is 0 Å². The Kier molecular flexibility index (Phi) is 8.45. The summed E-state index contributed by atoms with van der Waals surface area (Å²) in [6, 6.07) is 73.8. The van der Waals surface area contributed by atoms with Gasteiger partial charge in [0.1, 0.15) is 11.3 Å². The monoisotopic (exact) mass is 753 g/mol. The summed E-state index contributed by atoms with van der Waals surface area (Å²) in [4.78, 5) is 15.8. The van der Waals surface area contributed by atoms with Crippen molar-refractivity contribution < 1.29 is 4.42 Å². The molecule has 4 heteroatoms. The summed E-state index contributed by atoms with van der Waals surface area (Å²) >= 11 is 0. The van der Waals surface area contributed by atoms with E-state index < -0.39 is 0 Å². The van der Waals surface area contributed by atoms with Crippen LogP contribution in [0.2, 0.25) is 0 Å². The SMILES string of the molecule is c1ccc(-c2ccc(-c3cc(-c4cccc(-c5cccc6c5nc(-c5ccccc5)c5oc7ccccc7c56)c4)nc(-c4ccc(-c5ccccc5)cc4)n3)cc2)cc1. The molecule has 0 atom stereocenters. The van der Waals surface area contributed by atoms with Gasteiger partial charge in [-0.05, 0) is 46.0 Å². The molecule has 0 radical (unpaired) electrons. The lowest BCUT2D eigenvalue weighted by Crippen LogP contribution is -1.96. The Morgan fingerprint density at radius 2 is 0.814 bits per heavy atom. The van der Waals surface area contributed by atoms with Gasteiger partial charge in [-0.2, -0.15) is 0 Å². The number of benzene rings is 8. The van der Waals surface area contributed by atoms with Crippen molar-refractivity contribution in [1.29, 1.82) is 0 Å². The molecule has 3 aromatic heterocycles. The molecule has 0 bridgehead atoms. The number of rotatable bonds is 7. The van der Waals surface area contributed by atoms with Crippen molar-refractivity contribution in [3.8, 4) is 78.5 Å². The summed E-state index contributed by atoms with van der Waals surface area (Å²) in [6.45, 7) is 0. The highest BCUT2D eigenvalue weighted by molar-refractivity contribution is 6.22. The first-order chi connectivity index (χ1) is 29.2. The van der Waals surface area contributed by atoms with Crippen LogP contribution < -0.4 is 0 Å². The number of hydrogen-bond acceptors (Lipinski definition) is 4. The molecule has 0 aliphatic heterocycles. The van der Waals surface area contributed by atoms with Crippen LogP contribution in [0, 0.1) is 0 Å². The molecule has 3 heterocycles. The largest absolute Gasteiger partial charge is 0.454 e. The molecule has 8 aromatic carbocycles. The van der Waals surface area contributed by atoms with Crippen molar-refractivity contribution in [2.75, 3.05) is 0 Å². The fourth-order valence-corrected chi connectivity index (χ4v) is 8.16. The third-order valence-electron chi connectivity index (χ3n) is 11.1. The lowest BCUT2D eigenvalue weighted by molar-refractivity contribution is 0.669. The van der Waals surface area contributed by atoms with Crippen molar-refractivity contribution in [2.24, 2.45) is 0 Å². The minimum atomic E-state index is 0.670. The quantitative estimate of drug-likeness (QED) is 0.163. The van der Waals surface area contributed by atoms with Crippen molar-refractivity contribution in [3.63, 3.8) is 0 Å². The maximum absolute atomic E-state index is 6.55. The summed E-state index contributed by atoms with van der Waals surface area (Å²) in [5.74, 6) is 0.670. The Labute approximate surface area is 341 Å². The second kappa shape index (κ2) is 14.5. The summed E-state index contributed by atoms with van der Waals surface area (Å²) in [7, 11) is 0. The normalized spacial score (nSPS) is 11.4. The molecular formula is C55H35N3O. The Morgan fingerprint density at radius 1 is 0.322 bits per heavy atom. The molecule has 0 unspecified atom stereocenters. The third-order valence-corrected chi connectivity index (χ3v) is 11.1. The molecular weight excluding hydrogens is 719 g/mol. The van der Waals surface area contributed by atoms with Gasteiger partial charge in [0.2, 0.25) is 0 Å². The number of nitrogens with zero attached hydrogens (tertiary/aromatic N) is 3. The molecule has 0 saturated carbocycles. The first-order valence-electron chi connectivity index (χ1n) is 19.8. The van der Waals surface area contributed by atoms with Gasteiger partial charge in [-0.25, -0.2) is 15.0 Å². The van der Waals surface area contributed by atoms with E-state index in [-0.39, 0.29) is 0 Å². The highest BCUT2D eigenvalue weighted by Gasteiger charge is 2.20. The predicted octanol–water partition coefficient (Wildman–Crippen LogP) is 14.6. The van der Waals surface area contributed by atoms with Gasteiger partial charge in [-0.15, -0.1) is 0 Å². The van der Waals surface area contributed by atoms with Gasteiger partial charge < -0.3 is 4.42 Å². The van der Waals surface area contributed by atoms with Crippen LogP contribution >= 0.6 is 0 Å². The highest BCUT2D eigenvalue weighted by atomic mass is 16.3. The molecule has 0 aliphatic rings. The van der Waals surface area contributed by atoms with Crippen molar-refractivity contribution in [2.45, 2.75) is 0 Å². The first kappa shape index (κ1) is 34.3. The Bertz CT molecular complexity index is 3180. The number of para-hydroxylation sites is 2. The van der Waals surface area contributed by atoms with E-state index in [1.165, 1.54) is 11.1 Å². The average molecular weight is 754 g/mol. The second-order valence-corrected chi connectivity index (χ2v) is 14.8. The standard InChI is InChI=1S/C55H35N3O/c1-4-14-36(15-5-1)38-26-30-40(31-27-38)48-35-49(57-55(56-48)42-32-28-39(29-33-42)37-16-6-2-7-17-37)44-21-12-20-43(34-44)45-23-13-24-47-51-46-22-10-11-25-50(46)59-54(51)52(58-53(45)47)41-18-8-3-9-19-41/h1-35H. The van der Waals surface area contributed by atoms with E-state index in [2.05, 4.69) is 170 Å². The topological polar surface area (TPSA) is 51.8 Å². The molecule has 0 amide bonds. The van der Waals surface area contributed by atoms with Crippen LogP contribution in [0.3, 0.4) is 0 Å². The Balaban J connectivity index is 1.06. The first-order valence-corrected chi connectivity index (χ1v) is 19.8. The molecule has 4 nitrogen and oxygen atoms in total. The smallest absolute Gasteiger partial charge is 0.162 e. The lowest BCUT2D eigenvalue weighted by Gasteiger charge is -2.13. The van der Waals surface area contributed by atoms with Gasteiger partial charge in [-0.1, -0.05) is 194 Å². The minimum Gasteiger partial charge on any atom is -0.454 e. The van der Waals surface area contributed by atoms with Crippen LogP contribution in [0.1, 0.15) is 0 Å². The number of pyridine rings is 1. The molecule has 11 rings (SSSR count). The lowest BCUT2D eigenvalue weighted by atomic mass is 9.96. The Morgan fingerprint density at radius 3 is 1.49 bits per heavy atom. The van der Waals surface area contributed by atoms with Crippen molar-refractivity contribution >= 4 is 32.8 Å². The van der Waals surface area contributed by atoms with E-state index in [4.69, 9.17) is 19.4 Å². The fourth-order valence-electron chi connectivity index (χ4n) is 8.16. The molecule has 0 spiro atoms. The zero-order chi connectivity index (χ0) is 39.1. The van der Waals surface area contributed by atoms with Crippen LogP contribution in [0.5, 0.6) is 0 Å². The summed E-state index contributed by atoms with van der Waals surface area (Å²) in [5.41, 5.74) is 15.8. The summed E-state index contributed by atoms with van der Waals surface area (Å²) < 4.78 is 6.55. The van der Waals surface area contributed by atoms with Crippen molar-refractivity contribution in [1.82, 2.24) is 15.0 Å². The summed E-state index contributed by atoms with van der Waals surface area (Å²) in [6.07, 6.45) is 0. The van der Waals surface area contributed by atoms with E-state index in [1.807, 2.05) is 42.5 Å². The number of fused-ring (bicyclic) bond motifs is 5. The van der Waals surface area contributed by atoms with E-state index in [1.54, 1.807) is 0 Å². The van der Waals surface area contributed by atoms with E-state index in [9.17, 15) is 0 Å². The van der Waals surface area contributed by atoms with Crippen LogP contribution in [0.25, 0.3) is 111 Å². The molecule has 59 heavy (non-hydrogen) atoms. The maximum Gasteiger partial charge on any atom is 0.162 e. The maximum atomic E-state index is 6.55. The number of hydrogen-bond donors (Lipinski definition) is 0. The number of aromatic nitrogens is 3. The molecule has 0 aliphatic carbocycles. The molecule has 0 fully saturated rings. The Hall–Kier alpha value is -7.95. The van der Waals surface area contributed by atoms with Gasteiger partial charge >= 0.3 is 0 Å². The van der Waals surface area contributed by atoms with Gasteiger partial charge in [0.05, 0.1) is 16.9 Å². The highest BCUT2D eigenvalue weighted by Crippen LogP contribution is 2.42. The van der Waals surface area contributed by atoms with Gasteiger partial charge in [0, 0.05) is 44.0 Å². The third kappa shape index (κ3) is 6.34. The van der Waals surface area contributed by atoms with E-state index in [0.717, 1.165) is 94.4 Å². The van der Waals surface area contributed by atoms with E-state index >= 15 is 0 Å². The zero-order valence-electron chi connectivity index (χ0n) is 32.0. The molecule has 0 saturated heterocycles. The predicted molar refractivity (Wildman–Crippen MR) is 243 cm³/mol. The van der Waals surface area contributed by atoms with Crippen LogP contribution in [0.4, 0.5) is 0 Å². The average Bonchev–Trinajstić information content (AvgIpc) is 3.72. The van der Waals surface area contributed by atoms with Crippen LogP contribution in [-0.4, -0.2) is 15.0 Å². The summed E-state index contributed by atoms with van der Waals surface area (Å²) in [5, 5.41) is 3.20. The second-order valence-electron chi connectivity index (χ2n) is 14.8. The molecule has 276 valence electrons. The van der Waals surface area contributed by atoms with Crippen LogP contribution in [-0.2, 0) is 0 Å². The van der Waals surface area contributed by atoms with Gasteiger partial charge in [0.15, 0.2) is 11.4 Å². The molecule has 0 N–H and O–H groups in total. The number of furan rings is 1. The zero-order valence-corrected chi connectivity index (χ0v) is 32.0. The molecule has 11 aromatic rings. The van der Waals surface area contributed by atoms with Crippen molar-refractivity contribution in [3.05, 3.63) is 212 Å². The van der Waals surface area contributed by atoms with E-state index in [0.29, 0.717) is 5.82 Å². The van der Waals surface area contributed by atoms with Gasteiger partial charge in [0.25, 0.3) is 0 Å².